The maximum atomic E-state index is 12.6. The van der Waals surface area contributed by atoms with Gasteiger partial charge in [0, 0.05) is 43.1 Å². The third-order valence-electron chi connectivity index (χ3n) is 5.44. The maximum absolute atomic E-state index is 12.6. The minimum Gasteiger partial charge on any atom is -0.351 e. The van der Waals surface area contributed by atoms with Gasteiger partial charge in [-0.2, -0.15) is 5.26 Å². The smallest absolute Gasteiger partial charge is 0.253 e. The van der Waals surface area contributed by atoms with E-state index in [9.17, 15) is 9.59 Å². The Bertz CT molecular complexity index is 1100. The molecule has 1 aliphatic heterocycles. The molecule has 1 fully saturated rings. The molecule has 1 aromatic heterocycles. The number of amides is 2. The van der Waals surface area contributed by atoms with Crippen LogP contribution in [-0.4, -0.2) is 45.4 Å². The average Bonchev–Trinajstić information content (AvgIpc) is 3.44. The molecule has 0 bridgehead atoms. The summed E-state index contributed by atoms with van der Waals surface area (Å²) in [5, 5.41) is 12.0. The Hall–Kier alpha value is -3.92. The van der Waals surface area contributed by atoms with Crippen LogP contribution in [0.2, 0.25) is 0 Å². The second-order valence-corrected chi connectivity index (χ2v) is 7.67. The molecule has 7 nitrogen and oxygen atoms in total. The summed E-state index contributed by atoms with van der Waals surface area (Å²) < 4.78 is 1.93. The average molecular weight is 413 g/mol. The van der Waals surface area contributed by atoms with E-state index < -0.39 is 0 Å². The van der Waals surface area contributed by atoms with Crippen LogP contribution in [0, 0.1) is 11.3 Å². The normalized spacial score (nSPS) is 15.5. The zero-order chi connectivity index (χ0) is 21.6. The van der Waals surface area contributed by atoms with E-state index in [1.54, 1.807) is 29.6 Å². The SMILES string of the molecule is N#Cc1ccc(Cn2cncc2CC(=O)N[C@H]2CCN(C(=O)c3ccccc3)C2)cc1. The molecule has 0 aliphatic carbocycles. The van der Waals surface area contributed by atoms with Crippen LogP contribution in [0.3, 0.4) is 0 Å². The van der Waals surface area contributed by atoms with Crippen molar-refractivity contribution in [2.75, 3.05) is 13.1 Å². The molecule has 1 saturated heterocycles. The van der Waals surface area contributed by atoms with Crippen LogP contribution >= 0.6 is 0 Å². The molecule has 0 saturated carbocycles. The van der Waals surface area contributed by atoms with Gasteiger partial charge in [-0.15, -0.1) is 0 Å². The van der Waals surface area contributed by atoms with Crippen LogP contribution in [0.15, 0.2) is 67.1 Å². The van der Waals surface area contributed by atoms with E-state index in [4.69, 9.17) is 5.26 Å². The van der Waals surface area contributed by atoms with Crippen molar-refractivity contribution in [1.82, 2.24) is 19.8 Å². The van der Waals surface area contributed by atoms with Crippen molar-refractivity contribution in [3.8, 4) is 6.07 Å². The predicted molar refractivity (Wildman–Crippen MR) is 115 cm³/mol. The Kier molecular flexibility index (Phi) is 6.08. The standard InChI is InChI=1S/C24H23N5O2/c25-13-18-6-8-19(9-7-18)15-29-17-26-14-22(29)12-23(30)27-21-10-11-28(16-21)24(31)20-4-2-1-3-5-20/h1-9,14,17,21H,10-12,15-16H2,(H,27,30)/t21-/m0/s1. The van der Waals surface area contributed by atoms with Crippen LogP contribution in [0.5, 0.6) is 0 Å². The second kappa shape index (κ2) is 9.26. The highest BCUT2D eigenvalue weighted by molar-refractivity contribution is 5.94. The second-order valence-electron chi connectivity index (χ2n) is 7.67. The number of likely N-dealkylation sites (tertiary alicyclic amines) is 1. The number of carbonyl (C=O) groups excluding carboxylic acids is 2. The summed E-state index contributed by atoms with van der Waals surface area (Å²) in [6.45, 7) is 1.73. The summed E-state index contributed by atoms with van der Waals surface area (Å²) in [7, 11) is 0. The lowest BCUT2D eigenvalue weighted by atomic mass is 10.1. The van der Waals surface area contributed by atoms with E-state index in [0.717, 1.165) is 17.7 Å². The minimum atomic E-state index is -0.0828. The summed E-state index contributed by atoms with van der Waals surface area (Å²) in [6, 6.07) is 18.6. The Morgan fingerprint density at radius 1 is 1.13 bits per heavy atom. The number of nitrogens with one attached hydrogen (secondary N) is 1. The van der Waals surface area contributed by atoms with Crippen LogP contribution < -0.4 is 5.32 Å². The first-order valence-electron chi connectivity index (χ1n) is 10.2. The number of hydrogen-bond donors (Lipinski definition) is 1. The molecule has 2 heterocycles. The Morgan fingerprint density at radius 3 is 2.65 bits per heavy atom. The molecule has 31 heavy (non-hydrogen) atoms. The molecule has 156 valence electrons. The van der Waals surface area contributed by atoms with Gasteiger partial charge in [-0.3, -0.25) is 9.59 Å². The Labute approximate surface area is 180 Å². The summed E-state index contributed by atoms with van der Waals surface area (Å²) in [4.78, 5) is 31.2. The lowest BCUT2D eigenvalue weighted by Crippen LogP contribution is -2.39. The highest BCUT2D eigenvalue weighted by Gasteiger charge is 2.28. The minimum absolute atomic E-state index is 0.00200. The molecule has 1 atom stereocenters. The molecule has 1 N–H and O–H groups in total. The number of nitrogens with zero attached hydrogens (tertiary/aromatic N) is 4. The zero-order valence-electron chi connectivity index (χ0n) is 17.1. The quantitative estimate of drug-likeness (QED) is 0.672. The van der Waals surface area contributed by atoms with E-state index in [1.807, 2.05) is 47.0 Å². The highest BCUT2D eigenvalue weighted by atomic mass is 16.2. The van der Waals surface area contributed by atoms with Crippen molar-refractivity contribution in [3.63, 3.8) is 0 Å². The maximum Gasteiger partial charge on any atom is 0.253 e. The van der Waals surface area contributed by atoms with Gasteiger partial charge in [0.25, 0.3) is 5.91 Å². The van der Waals surface area contributed by atoms with Gasteiger partial charge in [0.2, 0.25) is 5.91 Å². The molecular weight excluding hydrogens is 390 g/mol. The van der Waals surface area contributed by atoms with Gasteiger partial charge in [0.15, 0.2) is 0 Å². The predicted octanol–water partition coefficient (Wildman–Crippen LogP) is 2.38. The zero-order valence-corrected chi connectivity index (χ0v) is 17.1. The summed E-state index contributed by atoms with van der Waals surface area (Å²) in [6.07, 6.45) is 4.37. The van der Waals surface area contributed by atoms with E-state index >= 15 is 0 Å². The lowest BCUT2D eigenvalue weighted by molar-refractivity contribution is -0.121. The number of hydrogen-bond acceptors (Lipinski definition) is 4. The van der Waals surface area contributed by atoms with Gasteiger partial charge in [-0.25, -0.2) is 4.98 Å². The van der Waals surface area contributed by atoms with Gasteiger partial charge >= 0.3 is 0 Å². The first-order valence-corrected chi connectivity index (χ1v) is 10.2. The topological polar surface area (TPSA) is 91.0 Å². The molecule has 4 rings (SSSR count). The number of rotatable bonds is 6. The third kappa shape index (κ3) is 4.98. The van der Waals surface area contributed by atoms with E-state index in [0.29, 0.717) is 30.8 Å². The number of imidazole rings is 1. The summed E-state index contributed by atoms with van der Waals surface area (Å²) >= 11 is 0. The fourth-order valence-electron chi connectivity index (χ4n) is 3.79. The van der Waals surface area contributed by atoms with E-state index in [1.165, 1.54) is 0 Å². The van der Waals surface area contributed by atoms with Gasteiger partial charge in [0.1, 0.15) is 0 Å². The summed E-state index contributed by atoms with van der Waals surface area (Å²) in [5.74, 6) is -0.0848. The number of carbonyl (C=O) groups is 2. The fraction of sp³-hybridized carbons (Fsp3) is 0.250. The van der Waals surface area contributed by atoms with Crippen molar-refractivity contribution in [1.29, 1.82) is 5.26 Å². The Balaban J connectivity index is 1.31. The Morgan fingerprint density at radius 2 is 1.90 bits per heavy atom. The van der Waals surface area contributed by atoms with Crippen LogP contribution in [0.4, 0.5) is 0 Å². The monoisotopic (exact) mass is 413 g/mol. The van der Waals surface area contributed by atoms with E-state index in [2.05, 4.69) is 16.4 Å². The molecule has 0 radical (unpaired) electrons. The van der Waals surface area contributed by atoms with Gasteiger partial charge < -0.3 is 14.8 Å². The van der Waals surface area contributed by atoms with Crippen molar-refractivity contribution < 1.29 is 9.59 Å². The van der Waals surface area contributed by atoms with Crippen LogP contribution in [-0.2, 0) is 17.8 Å². The molecule has 7 heteroatoms. The first-order chi connectivity index (χ1) is 15.1. The molecule has 3 aromatic rings. The van der Waals surface area contributed by atoms with Gasteiger partial charge in [0.05, 0.1) is 24.4 Å². The molecule has 0 unspecified atom stereocenters. The highest BCUT2D eigenvalue weighted by Crippen LogP contribution is 2.14. The lowest BCUT2D eigenvalue weighted by Gasteiger charge is -2.17. The van der Waals surface area contributed by atoms with Crippen molar-refractivity contribution >= 4 is 11.8 Å². The largest absolute Gasteiger partial charge is 0.351 e. The van der Waals surface area contributed by atoms with Crippen LogP contribution in [0.1, 0.15) is 33.6 Å². The third-order valence-corrected chi connectivity index (χ3v) is 5.44. The summed E-state index contributed by atoms with van der Waals surface area (Å²) in [5.41, 5.74) is 3.13. The van der Waals surface area contributed by atoms with Gasteiger partial charge in [-0.05, 0) is 36.2 Å². The number of benzene rings is 2. The first kappa shape index (κ1) is 20.4. The number of nitriles is 1. The molecule has 1 aliphatic rings. The molecule has 2 amide bonds. The molecule has 0 spiro atoms. The van der Waals surface area contributed by atoms with E-state index in [-0.39, 0.29) is 24.3 Å². The van der Waals surface area contributed by atoms with Crippen molar-refractivity contribution in [3.05, 3.63) is 89.5 Å². The number of aromatic nitrogens is 2. The fourth-order valence-corrected chi connectivity index (χ4v) is 3.79. The van der Waals surface area contributed by atoms with Crippen molar-refractivity contribution in [2.45, 2.75) is 25.4 Å². The molecule has 2 aromatic carbocycles. The molecular formula is C24H23N5O2. The van der Waals surface area contributed by atoms with Crippen molar-refractivity contribution in [2.24, 2.45) is 0 Å². The van der Waals surface area contributed by atoms with Crippen LogP contribution in [0.25, 0.3) is 0 Å². The van der Waals surface area contributed by atoms with Gasteiger partial charge in [-0.1, -0.05) is 30.3 Å².